The summed E-state index contributed by atoms with van der Waals surface area (Å²) in [4.78, 5) is 32.2. The number of H-pyrrole nitrogens is 1. The van der Waals surface area contributed by atoms with E-state index in [0.29, 0.717) is 11.2 Å². The third-order valence-corrected chi connectivity index (χ3v) is 4.09. The molecule has 2 aromatic carbocycles. The Morgan fingerprint density at radius 2 is 1.68 bits per heavy atom. The number of nitrogens with one attached hydrogen (secondary N) is 2. The summed E-state index contributed by atoms with van der Waals surface area (Å²) in [6.45, 7) is 1.45. The summed E-state index contributed by atoms with van der Waals surface area (Å²) < 4.78 is 0. The largest absolute Gasteiger partial charge is 0.353 e. The van der Waals surface area contributed by atoms with Gasteiger partial charge in [0.1, 0.15) is 11.4 Å². The van der Waals surface area contributed by atoms with E-state index in [1.807, 2.05) is 42.5 Å². The molecule has 1 amide bonds. The van der Waals surface area contributed by atoms with Crippen LogP contribution in [0.25, 0.3) is 21.8 Å². The van der Waals surface area contributed by atoms with Gasteiger partial charge >= 0.3 is 0 Å². The van der Waals surface area contributed by atoms with E-state index < -0.39 is 0 Å². The summed E-state index contributed by atoms with van der Waals surface area (Å²) >= 11 is 0. The first-order valence-corrected chi connectivity index (χ1v) is 7.92. The topological polar surface area (TPSA) is 74.8 Å². The third-order valence-electron chi connectivity index (χ3n) is 4.09. The van der Waals surface area contributed by atoms with Gasteiger partial charge < -0.3 is 10.3 Å². The molecule has 0 radical (unpaired) electrons. The maximum atomic E-state index is 12.6. The summed E-state index contributed by atoms with van der Waals surface area (Å²) in [6.07, 6.45) is 0. The number of rotatable bonds is 3. The van der Waals surface area contributed by atoms with E-state index in [2.05, 4.69) is 15.3 Å². The van der Waals surface area contributed by atoms with Crippen LogP contribution in [-0.4, -0.2) is 21.7 Å². The fourth-order valence-electron chi connectivity index (χ4n) is 2.93. The van der Waals surface area contributed by atoms with Gasteiger partial charge in [-0.05, 0) is 24.3 Å². The van der Waals surface area contributed by atoms with Crippen molar-refractivity contribution in [3.8, 4) is 0 Å². The quantitative estimate of drug-likeness (QED) is 0.554. The number of benzene rings is 2. The summed E-state index contributed by atoms with van der Waals surface area (Å²) in [7, 11) is 0. The maximum Gasteiger partial charge on any atom is 0.274 e. The number of anilines is 1. The van der Waals surface area contributed by atoms with Crippen LogP contribution in [0, 0.1) is 0 Å². The monoisotopic (exact) mass is 329 g/mol. The van der Waals surface area contributed by atoms with Crippen LogP contribution < -0.4 is 5.32 Å². The van der Waals surface area contributed by atoms with Gasteiger partial charge in [0.25, 0.3) is 5.91 Å². The summed E-state index contributed by atoms with van der Waals surface area (Å²) in [5, 5.41) is 4.58. The molecule has 0 atom stereocenters. The molecule has 0 aliphatic carbocycles. The number of ketones is 1. The number of hydrogen-bond acceptors (Lipinski definition) is 3. The van der Waals surface area contributed by atoms with Crippen molar-refractivity contribution < 1.29 is 9.59 Å². The number of carbonyl (C=O) groups is 2. The van der Waals surface area contributed by atoms with Crippen LogP contribution in [0.4, 0.5) is 5.69 Å². The molecule has 25 heavy (non-hydrogen) atoms. The van der Waals surface area contributed by atoms with E-state index in [4.69, 9.17) is 0 Å². The van der Waals surface area contributed by atoms with Crippen molar-refractivity contribution in [3.05, 3.63) is 72.1 Å². The molecule has 2 N–H and O–H groups in total. The molecular weight excluding hydrogens is 314 g/mol. The molecule has 5 nitrogen and oxygen atoms in total. The Labute approximate surface area is 143 Å². The third kappa shape index (κ3) is 2.65. The Morgan fingerprint density at radius 1 is 0.960 bits per heavy atom. The van der Waals surface area contributed by atoms with Crippen molar-refractivity contribution in [1.29, 1.82) is 0 Å². The lowest BCUT2D eigenvalue weighted by Gasteiger charge is -2.06. The molecule has 0 spiro atoms. The number of aromatic amines is 1. The highest BCUT2D eigenvalue weighted by atomic mass is 16.2. The van der Waals surface area contributed by atoms with Crippen molar-refractivity contribution in [2.75, 3.05) is 5.32 Å². The summed E-state index contributed by atoms with van der Waals surface area (Å²) in [5.74, 6) is -0.535. The van der Waals surface area contributed by atoms with Crippen LogP contribution >= 0.6 is 0 Å². The second kappa shape index (κ2) is 5.87. The minimum Gasteiger partial charge on any atom is -0.353 e. The highest BCUT2D eigenvalue weighted by Crippen LogP contribution is 2.28. The molecule has 0 unspecified atom stereocenters. The van der Waals surface area contributed by atoms with Gasteiger partial charge in [-0.3, -0.25) is 9.59 Å². The maximum absolute atomic E-state index is 12.6. The normalized spacial score (nSPS) is 10.9. The van der Waals surface area contributed by atoms with Crippen LogP contribution in [0.1, 0.15) is 27.9 Å². The van der Waals surface area contributed by atoms with Gasteiger partial charge in [-0.2, -0.15) is 0 Å². The van der Waals surface area contributed by atoms with Crippen LogP contribution in [-0.2, 0) is 0 Å². The molecule has 4 aromatic rings. The number of para-hydroxylation sites is 2. The molecule has 5 heteroatoms. The number of hydrogen-bond donors (Lipinski definition) is 2. The number of pyridine rings is 1. The van der Waals surface area contributed by atoms with Gasteiger partial charge in [0.15, 0.2) is 5.78 Å². The average Bonchev–Trinajstić information content (AvgIpc) is 3.00. The molecule has 0 saturated carbocycles. The molecule has 0 aliphatic rings. The lowest BCUT2D eigenvalue weighted by molar-refractivity contribution is 0.101. The molecule has 0 aliphatic heterocycles. The molecule has 2 aromatic heterocycles. The molecule has 122 valence electrons. The highest BCUT2D eigenvalue weighted by Gasteiger charge is 2.18. The predicted octanol–water partition coefficient (Wildman–Crippen LogP) is 4.17. The Kier molecular flexibility index (Phi) is 3.54. The van der Waals surface area contributed by atoms with E-state index in [1.165, 1.54) is 6.92 Å². The minimum absolute atomic E-state index is 0.189. The van der Waals surface area contributed by atoms with Crippen LogP contribution in [0.15, 0.2) is 60.7 Å². The molecule has 0 saturated heterocycles. The van der Waals surface area contributed by atoms with E-state index in [9.17, 15) is 9.59 Å². The smallest absolute Gasteiger partial charge is 0.274 e. The Morgan fingerprint density at radius 3 is 2.44 bits per heavy atom. The van der Waals surface area contributed by atoms with Crippen molar-refractivity contribution in [1.82, 2.24) is 9.97 Å². The van der Waals surface area contributed by atoms with E-state index >= 15 is 0 Å². The zero-order chi connectivity index (χ0) is 17.4. The van der Waals surface area contributed by atoms with E-state index in [-0.39, 0.29) is 23.1 Å². The summed E-state index contributed by atoms with van der Waals surface area (Å²) in [5.41, 5.74) is 2.73. The lowest BCUT2D eigenvalue weighted by atomic mass is 10.1. The number of carbonyl (C=O) groups excluding carboxylic acids is 2. The van der Waals surface area contributed by atoms with Gasteiger partial charge in [-0.15, -0.1) is 0 Å². The fraction of sp³-hybridized carbons (Fsp3) is 0.0500. The molecular formula is C20H15N3O2. The van der Waals surface area contributed by atoms with Crippen molar-refractivity contribution in [3.63, 3.8) is 0 Å². The van der Waals surface area contributed by atoms with Crippen LogP contribution in [0.2, 0.25) is 0 Å². The predicted molar refractivity (Wildman–Crippen MR) is 98.0 cm³/mol. The van der Waals surface area contributed by atoms with Crippen molar-refractivity contribution in [2.24, 2.45) is 0 Å². The molecule has 4 rings (SSSR count). The summed E-state index contributed by atoms with van der Waals surface area (Å²) in [6, 6.07) is 18.6. The van der Waals surface area contributed by atoms with Crippen molar-refractivity contribution in [2.45, 2.75) is 6.92 Å². The number of aromatic nitrogens is 2. The highest BCUT2D eigenvalue weighted by molar-refractivity contribution is 6.16. The SMILES string of the molecule is CC(=O)c1nc(C(=O)Nc2ccccc2)cc2c1[nH]c1ccccc12. The first kappa shape index (κ1) is 15.1. The van der Waals surface area contributed by atoms with E-state index in [0.717, 1.165) is 16.3 Å². The van der Waals surface area contributed by atoms with E-state index in [1.54, 1.807) is 18.2 Å². The number of amides is 1. The van der Waals surface area contributed by atoms with Gasteiger partial charge in [0, 0.05) is 28.9 Å². The average molecular weight is 329 g/mol. The second-order valence-electron chi connectivity index (χ2n) is 5.83. The second-order valence-corrected chi connectivity index (χ2v) is 5.83. The van der Waals surface area contributed by atoms with Gasteiger partial charge in [-0.1, -0.05) is 36.4 Å². The van der Waals surface area contributed by atoms with Gasteiger partial charge in [-0.25, -0.2) is 4.98 Å². The zero-order valence-corrected chi connectivity index (χ0v) is 13.5. The first-order chi connectivity index (χ1) is 12.1. The Hall–Kier alpha value is -3.47. The number of Topliss-reactive ketones (excluding diaryl/α,β-unsaturated/α-hetero) is 1. The van der Waals surface area contributed by atoms with Crippen LogP contribution in [0.3, 0.4) is 0 Å². The molecule has 2 heterocycles. The standard InChI is InChI=1S/C20H15N3O2/c1-12(24)18-19-15(14-9-5-6-10-16(14)22-19)11-17(23-18)20(25)21-13-7-3-2-4-8-13/h2-11,22H,1H3,(H,21,25). The number of fused-ring (bicyclic) bond motifs is 3. The van der Waals surface area contributed by atoms with Crippen molar-refractivity contribution >= 4 is 39.2 Å². The number of nitrogens with zero attached hydrogens (tertiary/aromatic N) is 1. The zero-order valence-electron chi connectivity index (χ0n) is 13.5. The lowest BCUT2D eigenvalue weighted by Crippen LogP contribution is -2.15. The minimum atomic E-state index is -0.346. The van der Waals surface area contributed by atoms with Gasteiger partial charge in [0.05, 0.1) is 5.52 Å². The Bertz CT molecular complexity index is 1110. The first-order valence-electron chi connectivity index (χ1n) is 7.92. The molecule has 0 fully saturated rings. The molecule has 0 bridgehead atoms. The van der Waals surface area contributed by atoms with Crippen LogP contribution in [0.5, 0.6) is 0 Å². The van der Waals surface area contributed by atoms with Gasteiger partial charge in [0.2, 0.25) is 0 Å². The fourth-order valence-corrected chi connectivity index (χ4v) is 2.93. The Balaban J connectivity index is 1.88.